The molecule has 0 saturated heterocycles. The molecule has 0 aliphatic heterocycles. The average Bonchev–Trinajstić information content (AvgIpc) is 2.63. The molecular weight excluding hydrogens is 278 g/mol. The van der Waals surface area contributed by atoms with Crippen LogP contribution in [0, 0.1) is 6.92 Å². The number of benzene rings is 1. The lowest BCUT2D eigenvalue weighted by Gasteiger charge is -2.07. The molecule has 1 aromatic carbocycles. The number of para-hydroxylation sites is 1. The normalized spacial score (nSPS) is 10.5. The van der Waals surface area contributed by atoms with Crippen molar-refractivity contribution < 1.29 is 0 Å². The van der Waals surface area contributed by atoms with E-state index < -0.39 is 0 Å². The summed E-state index contributed by atoms with van der Waals surface area (Å²) in [5.74, 6) is 0. The van der Waals surface area contributed by atoms with Crippen LogP contribution in [0.4, 0.5) is 5.69 Å². The number of nitrogens with zero attached hydrogens (tertiary/aromatic N) is 2. The molecule has 1 N–H and O–H groups in total. The largest absolute Gasteiger partial charge is 0.335 e. The van der Waals surface area contributed by atoms with Gasteiger partial charge in [-0.1, -0.05) is 30.4 Å². The zero-order chi connectivity index (χ0) is 14.0. The second kappa shape index (κ2) is 5.63. The molecule has 0 spiro atoms. The van der Waals surface area contributed by atoms with Gasteiger partial charge in [-0.3, -0.25) is 9.48 Å². The van der Waals surface area contributed by atoms with Crippen molar-refractivity contribution in [1.29, 1.82) is 0 Å². The Morgan fingerprint density at radius 2 is 1.95 bits per heavy atom. The van der Waals surface area contributed by atoms with Crippen LogP contribution in [0.5, 0.6) is 0 Å². The maximum atomic E-state index is 12.5. The number of hydrogen-bond acceptors (Lipinski definition) is 3. The molecule has 0 bridgehead atoms. The van der Waals surface area contributed by atoms with E-state index in [2.05, 4.69) is 5.32 Å². The zero-order valence-electron chi connectivity index (χ0n) is 11.0. The van der Waals surface area contributed by atoms with Gasteiger partial charge in [0.05, 0.1) is 11.4 Å². The molecule has 0 atom stereocenters. The van der Waals surface area contributed by atoms with Gasteiger partial charge in [-0.25, -0.2) is 4.68 Å². The standard InChI is InChI=1S/C13H15N3OS2/c1-9-11(14-13(18)19-3)12(17)16(15(9)2)10-7-5-4-6-8-10/h4-8H,1-3H3,(H,14,18). The summed E-state index contributed by atoms with van der Waals surface area (Å²) in [4.78, 5) is 12.5. The summed E-state index contributed by atoms with van der Waals surface area (Å²) in [6, 6.07) is 9.54. The van der Waals surface area contributed by atoms with E-state index in [1.165, 1.54) is 11.8 Å². The molecule has 1 aromatic heterocycles. The third kappa shape index (κ3) is 2.59. The van der Waals surface area contributed by atoms with E-state index >= 15 is 0 Å². The van der Waals surface area contributed by atoms with Crippen LogP contribution in [-0.2, 0) is 7.05 Å². The number of hydrogen-bond donors (Lipinski definition) is 1. The van der Waals surface area contributed by atoms with Gasteiger partial charge in [-0.05, 0) is 25.3 Å². The van der Waals surface area contributed by atoms with E-state index in [1.54, 1.807) is 4.68 Å². The summed E-state index contributed by atoms with van der Waals surface area (Å²) in [6.45, 7) is 1.89. The van der Waals surface area contributed by atoms with E-state index in [0.717, 1.165) is 11.4 Å². The quantitative estimate of drug-likeness (QED) is 0.864. The molecule has 0 saturated carbocycles. The highest BCUT2D eigenvalue weighted by atomic mass is 32.2. The topological polar surface area (TPSA) is 39.0 Å². The Kier molecular flexibility index (Phi) is 4.11. The summed E-state index contributed by atoms with van der Waals surface area (Å²) in [7, 11) is 1.86. The fourth-order valence-electron chi connectivity index (χ4n) is 1.87. The lowest BCUT2D eigenvalue weighted by atomic mass is 10.3. The highest BCUT2D eigenvalue weighted by molar-refractivity contribution is 8.22. The molecule has 4 nitrogen and oxygen atoms in total. The van der Waals surface area contributed by atoms with E-state index in [9.17, 15) is 4.79 Å². The van der Waals surface area contributed by atoms with E-state index in [1.807, 2.05) is 55.2 Å². The first kappa shape index (κ1) is 13.9. The molecule has 0 aliphatic rings. The van der Waals surface area contributed by atoms with Crippen molar-refractivity contribution in [2.75, 3.05) is 11.6 Å². The zero-order valence-corrected chi connectivity index (χ0v) is 12.6. The Morgan fingerprint density at radius 3 is 2.53 bits per heavy atom. The van der Waals surface area contributed by atoms with Crippen molar-refractivity contribution in [1.82, 2.24) is 9.36 Å². The average molecular weight is 293 g/mol. The molecule has 0 fully saturated rings. The van der Waals surface area contributed by atoms with E-state index in [-0.39, 0.29) is 5.56 Å². The SMILES string of the molecule is CSC(=S)Nc1c(C)n(C)n(-c2ccccc2)c1=O. The molecule has 0 unspecified atom stereocenters. The number of aromatic nitrogens is 2. The summed E-state index contributed by atoms with van der Waals surface area (Å²) in [5, 5.41) is 3.00. The third-order valence-electron chi connectivity index (χ3n) is 2.97. The number of anilines is 1. The Labute approximate surface area is 121 Å². The van der Waals surface area contributed by atoms with Gasteiger partial charge in [0.15, 0.2) is 0 Å². The lowest BCUT2D eigenvalue weighted by Crippen LogP contribution is -2.21. The van der Waals surface area contributed by atoms with E-state index in [0.29, 0.717) is 10.0 Å². The fraction of sp³-hybridized carbons (Fsp3) is 0.231. The molecule has 6 heteroatoms. The van der Waals surface area contributed by atoms with Gasteiger partial charge in [0.2, 0.25) is 0 Å². The van der Waals surface area contributed by atoms with Crippen molar-refractivity contribution in [2.45, 2.75) is 6.92 Å². The van der Waals surface area contributed by atoms with Gasteiger partial charge < -0.3 is 5.32 Å². The molecule has 0 radical (unpaired) electrons. The van der Waals surface area contributed by atoms with Crippen molar-refractivity contribution >= 4 is 34.0 Å². The number of nitrogens with one attached hydrogen (secondary N) is 1. The molecule has 0 aliphatic carbocycles. The predicted octanol–water partition coefficient (Wildman–Crippen LogP) is 2.54. The predicted molar refractivity (Wildman–Crippen MR) is 85.5 cm³/mol. The van der Waals surface area contributed by atoms with Crippen LogP contribution in [0.2, 0.25) is 0 Å². The van der Waals surface area contributed by atoms with Gasteiger partial charge in [0, 0.05) is 7.05 Å². The van der Waals surface area contributed by atoms with Crippen LogP contribution in [-0.4, -0.2) is 19.9 Å². The van der Waals surface area contributed by atoms with Crippen LogP contribution < -0.4 is 10.9 Å². The Morgan fingerprint density at radius 1 is 1.32 bits per heavy atom. The van der Waals surface area contributed by atoms with Gasteiger partial charge >= 0.3 is 0 Å². The van der Waals surface area contributed by atoms with Crippen LogP contribution in [0.1, 0.15) is 5.69 Å². The minimum atomic E-state index is -0.0948. The minimum Gasteiger partial charge on any atom is -0.335 e. The summed E-state index contributed by atoms with van der Waals surface area (Å²) < 4.78 is 4.04. The van der Waals surface area contributed by atoms with Crippen molar-refractivity contribution in [2.24, 2.45) is 7.05 Å². The molecule has 2 aromatic rings. The van der Waals surface area contributed by atoms with Crippen LogP contribution >= 0.6 is 24.0 Å². The lowest BCUT2D eigenvalue weighted by molar-refractivity contribution is 0.630. The van der Waals surface area contributed by atoms with Crippen LogP contribution in [0.3, 0.4) is 0 Å². The van der Waals surface area contributed by atoms with Crippen molar-refractivity contribution in [3.05, 3.63) is 46.4 Å². The highest BCUT2D eigenvalue weighted by Crippen LogP contribution is 2.15. The molecule has 0 amide bonds. The van der Waals surface area contributed by atoms with E-state index in [4.69, 9.17) is 12.2 Å². The smallest absolute Gasteiger partial charge is 0.295 e. The first-order valence-corrected chi connectivity index (χ1v) is 7.38. The first-order chi connectivity index (χ1) is 9.06. The second-order valence-electron chi connectivity index (χ2n) is 4.05. The summed E-state index contributed by atoms with van der Waals surface area (Å²) >= 11 is 6.53. The molecule has 100 valence electrons. The maximum Gasteiger partial charge on any atom is 0.295 e. The third-order valence-corrected chi connectivity index (χ3v) is 4.04. The fourth-order valence-corrected chi connectivity index (χ4v) is 2.17. The molecule has 1 heterocycles. The Balaban J connectivity index is 2.56. The van der Waals surface area contributed by atoms with Crippen LogP contribution in [0.15, 0.2) is 35.1 Å². The Bertz CT molecular complexity index is 659. The van der Waals surface area contributed by atoms with Gasteiger partial charge in [-0.15, -0.1) is 11.8 Å². The summed E-state index contributed by atoms with van der Waals surface area (Å²) in [5.41, 5.74) is 2.12. The molecular formula is C13H15N3OS2. The first-order valence-electron chi connectivity index (χ1n) is 5.75. The monoisotopic (exact) mass is 293 g/mol. The van der Waals surface area contributed by atoms with Gasteiger partial charge in [0.1, 0.15) is 10.0 Å². The summed E-state index contributed by atoms with van der Waals surface area (Å²) in [6.07, 6.45) is 1.88. The van der Waals surface area contributed by atoms with Crippen molar-refractivity contribution in [3.63, 3.8) is 0 Å². The van der Waals surface area contributed by atoms with Crippen LogP contribution in [0.25, 0.3) is 5.69 Å². The van der Waals surface area contributed by atoms with Gasteiger partial charge in [0.25, 0.3) is 5.56 Å². The second-order valence-corrected chi connectivity index (χ2v) is 5.54. The maximum absolute atomic E-state index is 12.5. The van der Waals surface area contributed by atoms with Crippen molar-refractivity contribution in [3.8, 4) is 5.69 Å². The van der Waals surface area contributed by atoms with Gasteiger partial charge in [-0.2, -0.15) is 0 Å². The number of rotatable bonds is 2. The number of thiocarbonyl (C=S) groups is 1. The highest BCUT2D eigenvalue weighted by Gasteiger charge is 2.16. The molecule has 19 heavy (non-hydrogen) atoms. The molecule has 2 rings (SSSR count). The minimum absolute atomic E-state index is 0.0948. The Hall–Kier alpha value is -1.53. The number of thioether (sulfide) groups is 1.